The number of pyridine rings is 2. The molecule has 1 amide bonds. The SMILES string of the molecule is CC(C)C[C@@H](COc1cc2c(cc1F)c1ccnc(N)c1c(=O)n2C)NC(=O)OC(C)(C)C. The molecule has 2 aromatic heterocycles. The zero-order valence-corrected chi connectivity index (χ0v) is 19.9. The Morgan fingerprint density at radius 3 is 2.61 bits per heavy atom. The van der Waals surface area contributed by atoms with Crippen molar-refractivity contribution < 1.29 is 18.7 Å². The third-order valence-corrected chi connectivity index (χ3v) is 5.12. The van der Waals surface area contributed by atoms with Crippen LogP contribution in [0.1, 0.15) is 41.0 Å². The Balaban J connectivity index is 1.92. The first-order valence-electron chi connectivity index (χ1n) is 10.9. The van der Waals surface area contributed by atoms with Gasteiger partial charge in [-0.25, -0.2) is 14.2 Å². The number of benzene rings is 1. The molecule has 0 fully saturated rings. The van der Waals surface area contributed by atoms with Gasteiger partial charge in [-0.3, -0.25) is 4.79 Å². The van der Waals surface area contributed by atoms with Gasteiger partial charge in [0, 0.05) is 30.1 Å². The number of aryl methyl sites for hydroxylation is 1. The highest BCUT2D eigenvalue weighted by atomic mass is 19.1. The number of nitrogens with two attached hydrogens (primary N) is 1. The number of carbonyl (C=O) groups excluding carboxylic acids is 1. The zero-order chi connectivity index (χ0) is 24.5. The smallest absolute Gasteiger partial charge is 0.407 e. The molecule has 0 aliphatic rings. The van der Waals surface area contributed by atoms with Crippen LogP contribution in [0, 0.1) is 11.7 Å². The number of halogens is 1. The van der Waals surface area contributed by atoms with E-state index < -0.39 is 17.5 Å². The van der Waals surface area contributed by atoms with Gasteiger partial charge < -0.3 is 25.1 Å². The van der Waals surface area contributed by atoms with E-state index in [0.717, 1.165) is 0 Å². The van der Waals surface area contributed by atoms with Crippen molar-refractivity contribution in [3.05, 3.63) is 40.6 Å². The molecule has 8 nitrogen and oxygen atoms in total. The first-order chi connectivity index (χ1) is 15.4. The molecule has 3 rings (SSSR count). The lowest BCUT2D eigenvalue weighted by molar-refractivity contribution is 0.0479. The standard InChI is InChI=1S/C24H31FN4O4/c1-13(2)9-14(28-23(31)33-24(3,4)5)12-32-19-11-18-16(10-17(19)25)15-7-8-27-21(26)20(15)22(30)29(18)6/h7-8,10-11,13-14H,9,12H2,1-6H3,(H2,26,27)(H,28,31)/t14-/m0/s1. The van der Waals surface area contributed by atoms with Crippen LogP contribution in [0.4, 0.5) is 15.0 Å². The minimum atomic E-state index is -0.635. The van der Waals surface area contributed by atoms with E-state index in [1.807, 2.05) is 13.8 Å². The highest BCUT2D eigenvalue weighted by Crippen LogP contribution is 2.30. The Bertz CT molecular complexity index is 1250. The summed E-state index contributed by atoms with van der Waals surface area (Å²) in [5, 5.41) is 4.10. The Morgan fingerprint density at radius 2 is 1.97 bits per heavy atom. The Hall–Kier alpha value is -3.36. The van der Waals surface area contributed by atoms with Gasteiger partial charge in [0.1, 0.15) is 18.0 Å². The van der Waals surface area contributed by atoms with Crippen LogP contribution in [0.25, 0.3) is 21.7 Å². The second kappa shape index (κ2) is 9.25. The van der Waals surface area contributed by atoms with E-state index in [-0.39, 0.29) is 41.1 Å². The van der Waals surface area contributed by atoms with Crippen molar-refractivity contribution in [3.63, 3.8) is 0 Å². The second-order valence-corrected chi connectivity index (χ2v) is 9.57. The molecule has 1 aromatic carbocycles. The van der Waals surface area contributed by atoms with Crippen LogP contribution in [-0.4, -0.2) is 33.9 Å². The molecule has 0 aliphatic heterocycles. The van der Waals surface area contributed by atoms with Gasteiger partial charge in [-0.05, 0) is 45.2 Å². The lowest BCUT2D eigenvalue weighted by Crippen LogP contribution is -2.42. The van der Waals surface area contributed by atoms with Gasteiger partial charge >= 0.3 is 6.09 Å². The van der Waals surface area contributed by atoms with Crippen molar-refractivity contribution in [1.82, 2.24) is 14.9 Å². The van der Waals surface area contributed by atoms with Gasteiger partial charge in [0.05, 0.1) is 16.9 Å². The van der Waals surface area contributed by atoms with E-state index in [1.165, 1.54) is 22.9 Å². The summed E-state index contributed by atoms with van der Waals surface area (Å²) >= 11 is 0. The fourth-order valence-electron chi connectivity index (χ4n) is 3.75. The number of amides is 1. The molecule has 9 heteroatoms. The number of rotatable bonds is 6. The lowest BCUT2D eigenvalue weighted by atomic mass is 10.0. The topological polar surface area (TPSA) is 108 Å². The largest absolute Gasteiger partial charge is 0.488 e. The summed E-state index contributed by atoms with van der Waals surface area (Å²) in [6, 6.07) is 4.06. The number of anilines is 1. The maximum absolute atomic E-state index is 15.0. The first kappa shape index (κ1) is 24.3. The highest BCUT2D eigenvalue weighted by Gasteiger charge is 2.22. The first-order valence-corrected chi connectivity index (χ1v) is 10.9. The molecule has 178 valence electrons. The van der Waals surface area contributed by atoms with Gasteiger partial charge in [-0.2, -0.15) is 0 Å². The molecule has 3 aromatic rings. The van der Waals surface area contributed by atoms with E-state index in [2.05, 4.69) is 10.3 Å². The van der Waals surface area contributed by atoms with E-state index >= 15 is 4.39 Å². The zero-order valence-electron chi connectivity index (χ0n) is 19.9. The maximum atomic E-state index is 15.0. The van der Waals surface area contributed by atoms with Crippen LogP contribution >= 0.6 is 0 Å². The summed E-state index contributed by atoms with van der Waals surface area (Å²) in [5.74, 6) is -0.237. The van der Waals surface area contributed by atoms with Crippen LogP contribution < -0.4 is 21.3 Å². The van der Waals surface area contributed by atoms with Crippen molar-refractivity contribution in [2.75, 3.05) is 12.3 Å². The number of ether oxygens (including phenoxy) is 2. The van der Waals surface area contributed by atoms with Crippen LogP contribution in [0.2, 0.25) is 0 Å². The minimum absolute atomic E-state index is 0.0152. The summed E-state index contributed by atoms with van der Waals surface area (Å²) in [5.41, 5.74) is 5.43. The third kappa shape index (κ3) is 5.53. The summed E-state index contributed by atoms with van der Waals surface area (Å²) in [6.07, 6.45) is 1.54. The third-order valence-electron chi connectivity index (χ3n) is 5.12. The number of aromatic nitrogens is 2. The second-order valence-electron chi connectivity index (χ2n) is 9.57. The van der Waals surface area contributed by atoms with E-state index in [1.54, 1.807) is 33.9 Å². The number of nitrogens with one attached hydrogen (secondary N) is 1. The predicted octanol–water partition coefficient (Wildman–Crippen LogP) is 4.13. The van der Waals surface area contributed by atoms with Gasteiger partial charge in [0.2, 0.25) is 0 Å². The van der Waals surface area contributed by atoms with Crippen molar-refractivity contribution in [2.45, 2.75) is 52.7 Å². The highest BCUT2D eigenvalue weighted by molar-refractivity contribution is 6.08. The van der Waals surface area contributed by atoms with Gasteiger partial charge in [0.15, 0.2) is 11.6 Å². The van der Waals surface area contributed by atoms with E-state index in [4.69, 9.17) is 15.2 Å². The summed E-state index contributed by atoms with van der Waals surface area (Å²) in [7, 11) is 1.59. The maximum Gasteiger partial charge on any atom is 0.407 e. The monoisotopic (exact) mass is 458 g/mol. The molecule has 0 unspecified atom stereocenters. The van der Waals surface area contributed by atoms with Crippen LogP contribution in [0.15, 0.2) is 29.2 Å². The molecule has 0 bridgehead atoms. The number of carbonyl (C=O) groups is 1. The van der Waals surface area contributed by atoms with Crippen LogP contribution in [0.3, 0.4) is 0 Å². The predicted molar refractivity (Wildman–Crippen MR) is 127 cm³/mol. The number of fused-ring (bicyclic) bond motifs is 3. The number of nitrogens with zero attached hydrogens (tertiary/aromatic N) is 2. The quantitative estimate of drug-likeness (QED) is 0.538. The number of nitrogen functional groups attached to an aromatic ring is 1. The molecule has 0 aliphatic carbocycles. The van der Waals surface area contributed by atoms with Crippen molar-refractivity contribution in [2.24, 2.45) is 13.0 Å². The average Bonchev–Trinajstić information content (AvgIpc) is 2.68. The van der Waals surface area contributed by atoms with Gasteiger partial charge in [-0.1, -0.05) is 13.8 Å². The summed E-state index contributed by atoms with van der Waals surface area (Å²) in [4.78, 5) is 29.0. The Labute approximate surface area is 191 Å². The Kier molecular flexibility index (Phi) is 6.81. The summed E-state index contributed by atoms with van der Waals surface area (Å²) < 4.78 is 27.5. The van der Waals surface area contributed by atoms with Crippen molar-refractivity contribution in [1.29, 1.82) is 0 Å². The molecule has 0 saturated carbocycles. The molecule has 33 heavy (non-hydrogen) atoms. The van der Waals surface area contributed by atoms with Gasteiger partial charge in [-0.15, -0.1) is 0 Å². The molecule has 0 saturated heterocycles. The van der Waals surface area contributed by atoms with Crippen LogP contribution in [-0.2, 0) is 11.8 Å². The fraction of sp³-hybridized carbons (Fsp3) is 0.458. The molecule has 0 radical (unpaired) electrons. The van der Waals surface area contributed by atoms with E-state index in [9.17, 15) is 9.59 Å². The number of alkyl carbamates (subject to hydrolysis) is 1. The van der Waals surface area contributed by atoms with Crippen molar-refractivity contribution in [3.8, 4) is 5.75 Å². The van der Waals surface area contributed by atoms with Crippen LogP contribution in [0.5, 0.6) is 5.75 Å². The minimum Gasteiger partial charge on any atom is -0.488 e. The number of hydrogen-bond acceptors (Lipinski definition) is 6. The molecule has 1 atom stereocenters. The van der Waals surface area contributed by atoms with Crippen molar-refractivity contribution >= 4 is 33.6 Å². The van der Waals surface area contributed by atoms with E-state index in [0.29, 0.717) is 22.7 Å². The lowest BCUT2D eigenvalue weighted by Gasteiger charge is -2.25. The molecule has 0 spiro atoms. The molecule has 2 heterocycles. The molecular formula is C24H31FN4O4. The molecular weight excluding hydrogens is 427 g/mol. The fourth-order valence-corrected chi connectivity index (χ4v) is 3.75. The Morgan fingerprint density at radius 1 is 1.27 bits per heavy atom. The number of hydrogen-bond donors (Lipinski definition) is 2. The average molecular weight is 459 g/mol. The molecule has 3 N–H and O–H groups in total. The summed E-state index contributed by atoms with van der Waals surface area (Å²) in [6.45, 7) is 9.41. The van der Waals surface area contributed by atoms with Gasteiger partial charge in [0.25, 0.3) is 5.56 Å². The normalized spacial score (nSPS) is 12.8.